The predicted molar refractivity (Wildman–Crippen MR) is 77.4 cm³/mol. The second kappa shape index (κ2) is 7.24. The van der Waals surface area contributed by atoms with E-state index in [0.717, 1.165) is 0 Å². The molecule has 1 aromatic rings. The molecule has 0 radical (unpaired) electrons. The van der Waals surface area contributed by atoms with Crippen LogP contribution in [-0.2, 0) is 9.47 Å². The van der Waals surface area contributed by atoms with E-state index >= 15 is 0 Å². The Balaban J connectivity index is 2.17. The highest BCUT2D eigenvalue weighted by atomic mass is 16.5. The SMILES string of the molecule is COc1cc(C(=O)O)cc(C(=O)N[C@@H]2COCC[C@H]2OC)c1. The lowest BCUT2D eigenvalue weighted by atomic mass is 10.0. The van der Waals surface area contributed by atoms with E-state index < -0.39 is 5.97 Å². The van der Waals surface area contributed by atoms with Crippen molar-refractivity contribution in [2.75, 3.05) is 27.4 Å². The van der Waals surface area contributed by atoms with Crippen molar-refractivity contribution in [1.29, 1.82) is 0 Å². The summed E-state index contributed by atoms with van der Waals surface area (Å²) in [5.74, 6) is -1.20. The third kappa shape index (κ3) is 3.75. The number of ether oxygens (including phenoxy) is 3. The van der Waals surface area contributed by atoms with Crippen molar-refractivity contribution in [2.45, 2.75) is 18.6 Å². The van der Waals surface area contributed by atoms with Crippen LogP contribution in [-0.4, -0.2) is 56.6 Å². The molecular formula is C15H19NO6. The maximum Gasteiger partial charge on any atom is 0.335 e. The lowest BCUT2D eigenvalue weighted by Gasteiger charge is -2.31. The van der Waals surface area contributed by atoms with Crippen LogP contribution in [0.1, 0.15) is 27.1 Å². The third-order valence-corrected chi connectivity index (χ3v) is 3.56. The molecule has 0 bridgehead atoms. The molecule has 7 nitrogen and oxygen atoms in total. The summed E-state index contributed by atoms with van der Waals surface area (Å²) in [5, 5.41) is 11.9. The third-order valence-electron chi connectivity index (χ3n) is 3.56. The highest BCUT2D eigenvalue weighted by molar-refractivity contribution is 5.98. The molecule has 2 rings (SSSR count). The molecule has 120 valence electrons. The van der Waals surface area contributed by atoms with Gasteiger partial charge >= 0.3 is 5.97 Å². The molecule has 7 heteroatoms. The van der Waals surface area contributed by atoms with Gasteiger partial charge in [0.15, 0.2) is 0 Å². The molecule has 1 aliphatic rings. The summed E-state index contributed by atoms with van der Waals surface area (Å²) < 4.78 is 15.7. The topological polar surface area (TPSA) is 94.1 Å². The zero-order valence-electron chi connectivity index (χ0n) is 12.5. The summed E-state index contributed by atoms with van der Waals surface area (Å²) in [7, 11) is 3.00. The van der Waals surface area contributed by atoms with Crippen molar-refractivity contribution in [3.63, 3.8) is 0 Å². The Bertz CT molecular complexity index is 559. The monoisotopic (exact) mass is 309 g/mol. The minimum Gasteiger partial charge on any atom is -0.497 e. The molecule has 1 aliphatic heterocycles. The fourth-order valence-corrected chi connectivity index (χ4v) is 2.36. The van der Waals surface area contributed by atoms with Crippen molar-refractivity contribution in [3.05, 3.63) is 29.3 Å². The van der Waals surface area contributed by atoms with Crippen LogP contribution in [0.25, 0.3) is 0 Å². The fraction of sp³-hybridized carbons (Fsp3) is 0.467. The van der Waals surface area contributed by atoms with Gasteiger partial charge in [-0.3, -0.25) is 4.79 Å². The molecule has 0 aromatic heterocycles. The van der Waals surface area contributed by atoms with E-state index in [-0.39, 0.29) is 29.2 Å². The first-order valence-electron chi connectivity index (χ1n) is 6.89. The second-order valence-electron chi connectivity index (χ2n) is 4.97. The van der Waals surface area contributed by atoms with Crippen LogP contribution in [0, 0.1) is 0 Å². The number of carbonyl (C=O) groups excluding carboxylic acids is 1. The van der Waals surface area contributed by atoms with Gasteiger partial charge in [-0.2, -0.15) is 0 Å². The van der Waals surface area contributed by atoms with Crippen LogP contribution in [0.5, 0.6) is 5.75 Å². The van der Waals surface area contributed by atoms with Crippen LogP contribution in [0.3, 0.4) is 0 Å². The summed E-state index contributed by atoms with van der Waals surface area (Å²) in [4.78, 5) is 23.5. The van der Waals surface area contributed by atoms with Crippen LogP contribution in [0.4, 0.5) is 0 Å². The number of aromatic carboxylic acids is 1. The standard InChI is InChI=1S/C15H19NO6/c1-20-11-6-9(5-10(7-11)15(18)19)14(17)16-12-8-22-4-3-13(12)21-2/h5-7,12-13H,3-4,8H2,1-2H3,(H,16,17)(H,18,19)/t12-,13-/m1/s1. The van der Waals surface area contributed by atoms with Crippen LogP contribution < -0.4 is 10.1 Å². The Morgan fingerprint density at radius 2 is 2.00 bits per heavy atom. The van der Waals surface area contributed by atoms with Gasteiger partial charge in [0, 0.05) is 19.3 Å². The number of hydrogen-bond acceptors (Lipinski definition) is 5. The van der Waals surface area contributed by atoms with Gasteiger partial charge in [-0.1, -0.05) is 0 Å². The number of amides is 1. The van der Waals surface area contributed by atoms with E-state index in [1.54, 1.807) is 7.11 Å². The Hall–Kier alpha value is -2.12. The molecule has 2 N–H and O–H groups in total. The summed E-state index contributed by atoms with van der Waals surface area (Å²) in [5.41, 5.74) is 0.213. The molecule has 1 aromatic carbocycles. The number of hydrogen-bond donors (Lipinski definition) is 2. The number of carboxylic acid groups (broad SMARTS) is 1. The lowest BCUT2D eigenvalue weighted by Crippen LogP contribution is -2.50. The maximum atomic E-state index is 12.3. The highest BCUT2D eigenvalue weighted by Crippen LogP contribution is 2.18. The average Bonchev–Trinajstić information content (AvgIpc) is 2.54. The smallest absolute Gasteiger partial charge is 0.335 e. The Labute approximate surface area is 128 Å². The first-order chi connectivity index (χ1) is 10.5. The van der Waals surface area contributed by atoms with E-state index in [1.807, 2.05) is 0 Å². The molecule has 0 spiro atoms. The number of methoxy groups -OCH3 is 2. The summed E-state index contributed by atoms with van der Waals surface area (Å²) >= 11 is 0. The molecule has 22 heavy (non-hydrogen) atoms. The van der Waals surface area contributed by atoms with Gasteiger partial charge < -0.3 is 24.6 Å². The Morgan fingerprint density at radius 1 is 1.27 bits per heavy atom. The Kier molecular flexibility index (Phi) is 5.35. The lowest BCUT2D eigenvalue weighted by molar-refractivity contribution is -0.0349. The molecule has 0 unspecified atom stereocenters. The molecule has 1 fully saturated rings. The molecule has 0 saturated carbocycles. The van der Waals surface area contributed by atoms with Gasteiger partial charge in [0.05, 0.1) is 31.4 Å². The van der Waals surface area contributed by atoms with Crippen molar-refractivity contribution in [1.82, 2.24) is 5.32 Å². The van der Waals surface area contributed by atoms with Gasteiger partial charge in [0.2, 0.25) is 0 Å². The van der Waals surface area contributed by atoms with E-state index in [9.17, 15) is 9.59 Å². The predicted octanol–water partition coefficient (Wildman–Crippen LogP) is 0.927. The number of carbonyl (C=O) groups is 2. The molecule has 0 aliphatic carbocycles. The Morgan fingerprint density at radius 3 is 2.64 bits per heavy atom. The minimum absolute atomic E-state index is 0.00677. The van der Waals surface area contributed by atoms with Crippen LogP contribution >= 0.6 is 0 Å². The largest absolute Gasteiger partial charge is 0.497 e. The maximum absolute atomic E-state index is 12.3. The number of rotatable bonds is 5. The van der Waals surface area contributed by atoms with Crippen molar-refractivity contribution < 1.29 is 28.9 Å². The van der Waals surface area contributed by atoms with Gasteiger partial charge in [-0.15, -0.1) is 0 Å². The zero-order valence-corrected chi connectivity index (χ0v) is 12.5. The van der Waals surface area contributed by atoms with Gasteiger partial charge in [0.25, 0.3) is 5.91 Å². The molecule has 2 atom stereocenters. The van der Waals surface area contributed by atoms with Gasteiger partial charge in [0.1, 0.15) is 5.75 Å². The van der Waals surface area contributed by atoms with E-state index in [0.29, 0.717) is 25.4 Å². The van der Waals surface area contributed by atoms with E-state index in [1.165, 1.54) is 25.3 Å². The van der Waals surface area contributed by atoms with Gasteiger partial charge in [-0.25, -0.2) is 4.79 Å². The molecule has 1 amide bonds. The van der Waals surface area contributed by atoms with Crippen molar-refractivity contribution in [3.8, 4) is 5.75 Å². The summed E-state index contributed by atoms with van der Waals surface area (Å²) in [6.07, 6.45) is 0.571. The number of carboxylic acids is 1. The minimum atomic E-state index is -1.12. The van der Waals surface area contributed by atoms with Crippen molar-refractivity contribution >= 4 is 11.9 Å². The number of benzene rings is 1. The quantitative estimate of drug-likeness (QED) is 0.840. The average molecular weight is 309 g/mol. The first-order valence-corrected chi connectivity index (χ1v) is 6.89. The van der Waals surface area contributed by atoms with Crippen molar-refractivity contribution in [2.24, 2.45) is 0 Å². The first kappa shape index (κ1) is 16.3. The van der Waals surface area contributed by atoms with E-state index in [2.05, 4.69) is 5.32 Å². The molecule has 1 heterocycles. The fourth-order valence-electron chi connectivity index (χ4n) is 2.36. The summed E-state index contributed by atoms with van der Waals surface area (Å²) in [6, 6.07) is 3.89. The number of nitrogens with one attached hydrogen (secondary N) is 1. The zero-order chi connectivity index (χ0) is 16.1. The van der Waals surface area contributed by atoms with Crippen LogP contribution in [0.15, 0.2) is 18.2 Å². The molecular weight excluding hydrogens is 290 g/mol. The highest BCUT2D eigenvalue weighted by Gasteiger charge is 2.27. The molecule has 1 saturated heterocycles. The van der Waals surface area contributed by atoms with Gasteiger partial charge in [-0.05, 0) is 24.6 Å². The summed E-state index contributed by atoms with van der Waals surface area (Å²) in [6.45, 7) is 0.952. The van der Waals surface area contributed by atoms with Crippen LogP contribution in [0.2, 0.25) is 0 Å². The van der Waals surface area contributed by atoms with E-state index in [4.69, 9.17) is 19.3 Å². The normalized spacial score (nSPS) is 21.2. The second-order valence-corrected chi connectivity index (χ2v) is 4.97.